The van der Waals surface area contributed by atoms with E-state index in [4.69, 9.17) is 0 Å². The van der Waals surface area contributed by atoms with Crippen molar-refractivity contribution >= 4 is 0 Å². The maximum absolute atomic E-state index is 13.0. The number of nitrogens with zero attached hydrogens (tertiary/aromatic N) is 1. The smallest absolute Gasteiger partial charge is 0.314 e. The fourth-order valence-corrected chi connectivity index (χ4v) is 2.83. The van der Waals surface area contributed by atoms with Crippen LogP contribution in [0, 0.1) is 0 Å². The van der Waals surface area contributed by atoms with Crippen molar-refractivity contribution < 1.29 is 30.7 Å². The third-order valence-electron chi connectivity index (χ3n) is 3.97. The van der Waals surface area contributed by atoms with Crippen LogP contribution in [-0.2, 0) is 12.4 Å². The van der Waals surface area contributed by atoms with Gasteiger partial charge in [0.2, 0.25) is 0 Å². The molecule has 9 heteroatoms. The molecule has 1 aliphatic heterocycles. The third kappa shape index (κ3) is 4.60. The quantitative estimate of drug-likeness (QED) is 0.818. The molecule has 0 aromatic heterocycles. The Morgan fingerprint density at radius 3 is 1.83 bits per heavy atom. The van der Waals surface area contributed by atoms with E-state index in [1.807, 2.05) is 0 Å². The Morgan fingerprint density at radius 1 is 0.917 bits per heavy atom. The summed E-state index contributed by atoms with van der Waals surface area (Å²) in [5, 5.41) is 3.04. The Balaban J connectivity index is 2.48. The van der Waals surface area contributed by atoms with Crippen LogP contribution in [0.5, 0.6) is 0 Å². The fourth-order valence-electron chi connectivity index (χ4n) is 2.83. The summed E-state index contributed by atoms with van der Waals surface area (Å²) in [7, 11) is 0. The monoisotopic (exact) mass is 358 g/mol. The molecule has 2 rings (SSSR count). The van der Waals surface area contributed by atoms with Crippen molar-refractivity contribution in [3.05, 3.63) is 34.9 Å². The first-order valence-corrected chi connectivity index (χ1v) is 7.43. The number of piperazine rings is 1. The summed E-state index contributed by atoms with van der Waals surface area (Å²) in [4.78, 5) is 1.71. The maximum Gasteiger partial charge on any atom is 0.416 e. The minimum Gasteiger partial charge on any atom is -0.314 e. The predicted molar refractivity (Wildman–Crippen MR) is 74.2 cm³/mol. The van der Waals surface area contributed by atoms with Crippen LogP contribution in [0.15, 0.2) is 18.2 Å². The van der Waals surface area contributed by atoms with E-state index in [1.54, 1.807) is 4.90 Å². The van der Waals surface area contributed by atoms with Gasteiger partial charge in [-0.15, -0.1) is 0 Å². The summed E-state index contributed by atoms with van der Waals surface area (Å²) in [6.07, 6.45) is -9.96. The zero-order chi connectivity index (χ0) is 18.0. The second-order valence-electron chi connectivity index (χ2n) is 5.62. The highest BCUT2D eigenvalue weighted by Gasteiger charge is 2.38. The standard InChI is InChI=1S/C15H17F7N2/c16-2-1-13(24-5-3-23-4-6-24)10-7-11(14(17,18)19)9-12(8-10)15(20,21)22/h7-9,13,23H,1-6H2/t13-/m1/s1. The number of alkyl halides is 7. The molecule has 1 saturated heterocycles. The van der Waals surface area contributed by atoms with Crippen LogP contribution >= 0.6 is 0 Å². The van der Waals surface area contributed by atoms with Crippen molar-refractivity contribution in [1.82, 2.24) is 10.2 Å². The number of nitrogens with one attached hydrogen (secondary N) is 1. The molecule has 1 N–H and O–H groups in total. The maximum atomic E-state index is 13.0. The number of hydrogen-bond acceptors (Lipinski definition) is 2. The van der Waals surface area contributed by atoms with Gasteiger partial charge in [-0.3, -0.25) is 9.29 Å². The second-order valence-corrected chi connectivity index (χ2v) is 5.62. The predicted octanol–water partition coefficient (Wildman–Crippen LogP) is 4.03. The molecule has 24 heavy (non-hydrogen) atoms. The van der Waals surface area contributed by atoms with Crippen LogP contribution in [0.1, 0.15) is 29.2 Å². The number of hydrogen-bond donors (Lipinski definition) is 1. The first-order chi connectivity index (χ1) is 11.1. The highest BCUT2D eigenvalue weighted by molar-refractivity contribution is 5.35. The summed E-state index contributed by atoms with van der Waals surface area (Å²) in [6.45, 7) is 1.14. The van der Waals surface area contributed by atoms with Crippen LogP contribution in [0.2, 0.25) is 0 Å². The molecule has 1 aromatic rings. The SMILES string of the molecule is FCC[C@H](c1cc(C(F)(F)F)cc(C(F)(F)F)c1)N1CCNCC1. The summed E-state index contributed by atoms with van der Waals surface area (Å²) >= 11 is 0. The summed E-state index contributed by atoms with van der Waals surface area (Å²) in [6, 6.07) is 0.656. The Morgan fingerprint density at radius 2 is 1.42 bits per heavy atom. The van der Waals surface area contributed by atoms with Gasteiger partial charge in [0.1, 0.15) is 0 Å². The van der Waals surface area contributed by atoms with Gasteiger partial charge in [0.25, 0.3) is 0 Å². The third-order valence-corrected chi connectivity index (χ3v) is 3.97. The van der Waals surface area contributed by atoms with Crippen molar-refractivity contribution in [2.75, 3.05) is 32.9 Å². The van der Waals surface area contributed by atoms with Gasteiger partial charge in [-0.1, -0.05) is 0 Å². The fraction of sp³-hybridized carbons (Fsp3) is 0.600. The van der Waals surface area contributed by atoms with Crippen molar-refractivity contribution in [3.8, 4) is 0 Å². The minimum atomic E-state index is -4.90. The zero-order valence-electron chi connectivity index (χ0n) is 12.6. The van der Waals surface area contributed by atoms with Crippen LogP contribution in [0.3, 0.4) is 0 Å². The molecule has 0 amide bonds. The molecule has 136 valence electrons. The lowest BCUT2D eigenvalue weighted by Crippen LogP contribution is -2.45. The van der Waals surface area contributed by atoms with Gasteiger partial charge in [-0.25, -0.2) is 0 Å². The first kappa shape index (κ1) is 19.0. The molecule has 0 spiro atoms. The zero-order valence-corrected chi connectivity index (χ0v) is 12.6. The van der Waals surface area contributed by atoms with Gasteiger partial charge >= 0.3 is 12.4 Å². The first-order valence-electron chi connectivity index (χ1n) is 7.43. The molecule has 0 saturated carbocycles. The van der Waals surface area contributed by atoms with E-state index in [0.717, 1.165) is 0 Å². The van der Waals surface area contributed by atoms with Gasteiger partial charge in [-0.2, -0.15) is 26.3 Å². The van der Waals surface area contributed by atoms with E-state index in [1.165, 1.54) is 0 Å². The lowest BCUT2D eigenvalue weighted by atomic mass is 9.96. The van der Waals surface area contributed by atoms with E-state index in [-0.39, 0.29) is 18.1 Å². The van der Waals surface area contributed by atoms with Crippen molar-refractivity contribution in [1.29, 1.82) is 0 Å². The van der Waals surface area contributed by atoms with Crippen molar-refractivity contribution in [2.45, 2.75) is 24.8 Å². The van der Waals surface area contributed by atoms with E-state index in [2.05, 4.69) is 5.32 Å². The normalized spacial score (nSPS) is 18.6. The summed E-state index contributed by atoms with van der Waals surface area (Å²) < 4.78 is 90.6. The molecule has 0 radical (unpaired) electrons. The Hall–Kier alpha value is -1.35. The lowest BCUT2D eigenvalue weighted by Gasteiger charge is -2.35. The van der Waals surface area contributed by atoms with E-state index in [0.29, 0.717) is 38.3 Å². The topological polar surface area (TPSA) is 15.3 Å². The molecule has 1 aliphatic rings. The molecule has 2 nitrogen and oxygen atoms in total. The van der Waals surface area contributed by atoms with E-state index in [9.17, 15) is 30.7 Å². The van der Waals surface area contributed by atoms with Crippen molar-refractivity contribution in [2.24, 2.45) is 0 Å². The molecule has 0 unspecified atom stereocenters. The summed E-state index contributed by atoms with van der Waals surface area (Å²) in [5.41, 5.74) is -2.89. The molecule has 1 fully saturated rings. The molecule has 1 aromatic carbocycles. The van der Waals surface area contributed by atoms with Crippen molar-refractivity contribution in [3.63, 3.8) is 0 Å². The number of benzene rings is 1. The molecule has 1 atom stereocenters. The highest BCUT2D eigenvalue weighted by atomic mass is 19.4. The van der Waals surface area contributed by atoms with E-state index >= 15 is 0 Å². The Bertz CT molecular complexity index is 515. The van der Waals surface area contributed by atoms with Crippen LogP contribution in [-0.4, -0.2) is 37.8 Å². The average Bonchev–Trinajstić information content (AvgIpc) is 2.51. The molecular formula is C15H17F7N2. The van der Waals surface area contributed by atoms with Crippen LogP contribution in [0.4, 0.5) is 30.7 Å². The molecular weight excluding hydrogens is 341 g/mol. The molecule has 0 aliphatic carbocycles. The average molecular weight is 358 g/mol. The van der Waals surface area contributed by atoms with Gasteiger partial charge in [0.05, 0.1) is 17.8 Å². The molecule has 0 bridgehead atoms. The molecule has 1 heterocycles. The van der Waals surface area contributed by atoms with Crippen LogP contribution < -0.4 is 5.32 Å². The summed E-state index contributed by atoms with van der Waals surface area (Å²) in [5.74, 6) is 0. The minimum absolute atomic E-state index is 0.0910. The van der Waals surface area contributed by atoms with Gasteiger partial charge in [0.15, 0.2) is 0 Å². The Labute approximate surface area is 134 Å². The van der Waals surface area contributed by atoms with Gasteiger partial charge < -0.3 is 5.32 Å². The highest BCUT2D eigenvalue weighted by Crippen LogP contribution is 2.39. The Kier molecular flexibility index (Phi) is 5.74. The number of halogens is 7. The van der Waals surface area contributed by atoms with E-state index < -0.39 is 36.2 Å². The second kappa shape index (κ2) is 7.26. The lowest BCUT2D eigenvalue weighted by molar-refractivity contribution is -0.143. The van der Waals surface area contributed by atoms with Gasteiger partial charge in [-0.05, 0) is 30.2 Å². The van der Waals surface area contributed by atoms with Gasteiger partial charge in [0, 0.05) is 32.2 Å². The largest absolute Gasteiger partial charge is 0.416 e. The van der Waals surface area contributed by atoms with Crippen LogP contribution in [0.25, 0.3) is 0 Å². The number of rotatable bonds is 4.